The summed E-state index contributed by atoms with van der Waals surface area (Å²) in [7, 11) is 0. The van der Waals surface area contributed by atoms with Gasteiger partial charge in [-0.1, -0.05) is 17.7 Å². The molecule has 0 aliphatic rings. The van der Waals surface area contributed by atoms with Crippen molar-refractivity contribution in [3.8, 4) is 5.75 Å². The summed E-state index contributed by atoms with van der Waals surface area (Å²) in [5.41, 5.74) is 1.65. The minimum Gasteiger partial charge on any atom is -0.487 e. The van der Waals surface area contributed by atoms with Crippen molar-refractivity contribution < 1.29 is 4.74 Å². The van der Waals surface area contributed by atoms with Gasteiger partial charge in [0.2, 0.25) is 0 Å². The quantitative estimate of drug-likeness (QED) is 0.741. The molecule has 2 nitrogen and oxygen atoms in total. The lowest BCUT2D eigenvalue weighted by Crippen LogP contribution is -2.00. The molecule has 0 saturated heterocycles. The summed E-state index contributed by atoms with van der Waals surface area (Å²) in [5, 5.41) is 0.617. The van der Waals surface area contributed by atoms with Crippen molar-refractivity contribution in [1.82, 2.24) is 4.98 Å². The summed E-state index contributed by atoms with van der Waals surface area (Å²) in [6.07, 6.45) is 1.74. The fourth-order valence-corrected chi connectivity index (χ4v) is 2.26. The molecule has 0 saturated carbocycles. The summed E-state index contributed by atoms with van der Waals surface area (Å²) in [6.45, 7) is 0.386. The van der Waals surface area contributed by atoms with Crippen LogP contribution in [0.5, 0.6) is 5.75 Å². The van der Waals surface area contributed by atoms with Crippen LogP contribution in [0.3, 0.4) is 0 Å². The zero-order valence-corrected chi connectivity index (χ0v) is 12.5. The number of aromatic nitrogens is 1. The molecule has 0 fully saturated rings. The van der Waals surface area contributed by atoms with Gasteiger partial charge in [0.25, 0.3) is 0 Å². The Morgan fingerprint density at radius 3 is 2.72 bits per heavy atom. The van der Waals surface area contributed by atoms with Crippen LogP contribution in [-0.4, -0.2) is 4.98 Å². The number of rotatable bonds is 4. The molecule has 2 aromatic rings. The van der Waals surface area contributed by atoms with E-state index in [9.17, 15) is 0 Å². The first kappa shape index (κ1) is 13.7. The molecule has 0 unspecified atom stereocenters. The standard InChI is InChI=1S/C13H10BrCl2NO/c14-9-4-5-10(17-7-9)8-18-13-3-1-2-12(16)11(13)6-15/h1-5,7H,6,8H2. The average Bonchev–Trinajstić information content (AvgIpc) is 2.38. The Hall–Kier alpha value is -0.770. The summed E-state index contributed by atoms with van der Waals surface area (Å²) < 4.78 is 6.63. The molecule has 0 spiro atoms. The largest absolute Gasteiger partial charge is 0.487 e. The highest BCUT2D eigenvalue weighted by atomic mass is 79.9. The number of nitrogens with zero attached hydrogens (tertiary/aromatic N) is 1. The molecule has 94 valence electrons. The molecule has 1 heterocycles. The van der Waals surface area contributed by atoms with Crippen LogP contribution < -0.4 is 4.74 Å². The van der Waals surface area contributed by atoms with E-state index in [0.29, 0.717) is 23.3 Å². The molecule has 0 aliphatic heterocycles. The van der Waals surface area contributed by atoms with Crippen LogP contribution in [0.15, 0.2) is 41.0 Å². The van der Waals surface area contributed by atoms with Gasteiger partial charge < -0.3 is 4.74 Å². The first-order valence-electron chi connectivity index (χ1n) is 5.27. The topological polar surface area (TPSA) is 22.1 Å². The first-order valence-corrected chi connectivity index (χ1v) is 6.98. The lowest BCUT2D eigenvalue weighted by molar-refractivity contribution is 0.299. The van der Waals surface area contributed by atoms with Gasteiger partial charge >= 0.3 is 0 Å². The fraction of sp³-hybridized carbons (Fsp3) is 0.154. The van der Waals surface area contributed by atoms with Crippen molar-refractivity contribution in [3.05, 3.63) is 57.3 Å². The van der Waals surface area contributed by atoms with E-state index in [4.69, 9.17) is 27.9 Å². The SMILES string of the molecule is ClCc1c(Cl)cccc1OCc1ccc(Br)cn1. The van der Waals surface area contributed by atoms with Crippen molar-refractivity contribution in [2.24, 2.45) is 0 Å². The zero-order chi connectivity index (χ0) is 13.0. The molecule has 5 heteroatoms. The molecular formula is C13H10BrCl2NO. The number of ether oxygens (including phenoxy) is 1. The van der Waals surface area contributed by atoms with Gasteiger partial charge in [-0.3, -0.25) is 4.98 Å². The third-order valence-corrected chi connectivity index (χ3v) is 3.46. The van der Waals surface area contributed by atoms with E-state index >= 15 is 0 Å². The monoisotopic (exact) mass is 345 g/mol. The summed E-state index contributed by atoms with van der Waals surface area (Å²) in [5.74, 6) is 1.02. The van der Waals surface area contributed by atoms with Crippen LogP contribution in [0.25, 0.3) is 0 Å². The summed E-state index contributed by atoms with van der Waals surface area (Å²) >= 11 is 15.2. The second kappa shape index (κ2) is 6.41. The maximum absolute atomic E-state index is 6.05. The van der Waals surface area contributed by atoms with E-state index in [1.54, 1.807) is 12.3 Å². The van der Waals surface area contributed by atoms with Gasteiger partial charge in [-0.25, -0.2) is 0 Å². The van der Waals surface area contributed by atoms with Gasteiger partial charge in [0.1, 0.15) is 12.4 Å². The lowest BCUT2D eigenvalue weighted by atomic mass is 10.2. The molecule has 1 aromatic heterocycles. The number of pyridine rings is 1. The maximum Gasteiger partial charge on any atom is 0.130 e. The van der Waals surface area contributed by atoms with Crippen molar-refractivity contribution in [3.63, 3.8) is 0 Å². The van der Waals surface area contributed by atoms with E-state index in [2.05, 4.69) is 20.9 Å². The Morgan fingerprint density at radius 1 is 1.22 bits per heavy atom. The Balaban J connectivity index is 2.10. The fourth-order valence-electron chi connectivity index (χ4n) is 1.45. The molecule has 0 atom stereocenters. The number of hydrogen-bond acceptors (Lipinski definition) is 2. The first-order chi connectivity index (χ1) is 8.70. The van der Waals surface area contributed by atoms with Gasteiger partial charge in [0, 0.05) is 21.3 Å². The minimum atomic E-state index is 0.322. The smallest absolute Gasteiger partial charge is 0.130 e. The van der Waals surface area contributed by atoms with E-state index < -0.39 is 0 Å². The zero-order valence-electron chi connectivity index (χ0n) is 9.37. The second-order valence-corrected chi connectivity index (χ2v) is 5.20. The molecule has 0 radical (unpaired) electrons. The summed E-state index contributed by atoms with van der Waals surface area (Å²) in [6, 6.07) is 9.30. The number of benzene rings is 1. The van der Waals surface area contributed by atoms with Crippen LogP contribution in [0.4, 0.5) is 0 Å². The van der Waals surface area contributed by atoms with E-state index in [1.165, 1.54) is 0 Å². The van der Waals surface area contributed by atoms with Crippen LogP contribution in [0.2, 0.25) is 5.02 Å². The Labute approximate surface area is 124 Å². The van der Waals surface area contributed by atoms with E-state index in [0.717, 1.165) is 15.7 Å². The lowest BCUT2D eigenvalue weighted by Gasteiger charge is -2.10. The Bertz CT molecular complexity index is 531. The molecule has 0 bridgehead atoms. The van der Waals surface area contributed by atoms with Gasteiger partial charge in [0.15, 0.2) is 0 Å². The normalized spacial score (nSPS) is 10.4. The molecule has 0 amide bonds. The van der Waals surface area contributed by atoms with Gasteiger partial charge in [-0.2, -0.15) is 0 Å². The van der Waals surface area contributed by atoms with E-state index in [1.807, 2.05) is 24.3 Å². The van der Waals surface area contributed by atoms with Gasteiger partial charge in [0.05, 0.1) is 11.6 Å². The van der Waals surface area contributed by atoms with E-state index in [-0.39, 0.29) is 0 Å². The van der Waals surface area contributed by atoms with Crippen LogP contribution in [0, 0.1) is 0 Å². The predicted molar refractivity (Wildman–Crippen MR) is 77.3 cm³/mol. The van der Waals surface area contributed by atoms with Gasteiger partial charge in [-0.15, -0.1) is 11.6 Å². The van der Waals surface area contributed by atoms with Crippen molar-refractivity contribution in [2.75, 3.05) is 0 Å². The Kier molecular flexibility index (Phi) is 4.87. The third kappa shape index (κ3) is 3.37. The molecule has 0 N–H and O–H groups in total. The molecule has 2 rings (SSSR count). The van der Waals surface area contributed by atoms with Crippen LogP contribution in [0.1, 0.15) is 11.3 Å². The van der Waals surface area contributed by atoms with Crippen molar-refractivity contribution in [1.29, 1.82) is 0 Å². The van der Waals surface area contributed by atoms with Crippen molar-refractivity contribution >= 4 is 39.1 Å². The minimum absolute atomic E-state index is 0.322. The summed E-state index contributed by atoms with van der Waals surface area (Å²) in [4.78, 5) is 4.23. The highest BCUT2D eigenvalue weighted by molar-refractivity contribution is 9.10. The highest BCUT2D eigenvalue weighted by Gasteiger charge is 2.07. The molecule has 1 aromatic carbocycles. The molecular weight excluding hydrogens is 337 g/mol. The maximum atomic E-state index is 6.05. The average molecular weight is 347 g/mol. The second-order valence-electron chi connectivity index (χ2n) is 3.61. The van der Waals surface area contributed by atoms with Crippen molar-refractivity contribution in [2.45, 2.75) is 12.5 Å². The third-order valence-electron chi connectivity index (χ3n) is 2.37. The predicted octanol–water partition coefficient (Wildman–Crippen LogP) is 4.82. The molecule has 0 aliphatic carbocycles. The number of alkyl halides is 1. The van der Waals surface area contributed by atoms with Gasteiger partial charge in [-0.05, 0) is 40.2 Å². The Morgan fingerprint density at radius 2 is 2.06 bits per heavy atom. The highest BCUT2D eigenvalue weighted by Crippen LogP contribution is 2.28. The molecule has 18 heavy (non-hydrogen) atoms. The number of hydrogen-bond donors (Lipinski definition) is 0. The van der Waals surface area contributed by atoms with Crippen LogP contribution >= 0.6 is 39.1 Å². The number of halogens is 3. The van der Waals surface area contributed by atoms with Crippen LogP contribution in [-0.2, 0) is 12.5 Å².